The number of likely N-dealkylation sites (tertiary alicyclic amines) is 1. The van der Waals surface area contributed by atoms with Crippen molar-refractivity contribution >= 4 is 38.3 Å². The summed E-state index contributed by atoms with van der Waals surface area (Å²) in [5, 5.41) is 1.45. The minimum Gasteiger partial charge on any atom is -0.377 e. The zero-order chi connectivity index (χ0) is 25.6. The number of amides is 1. The van der Waals surface area contributed by atoms with Gasteiger partial charge < -0.3 is 9.80 Å². The van der Waals surface area contributed by atoms with Gasteiger partial charge in [0, 0.05) is 43.6 Å². The quantitative estimate of drug-likeness (QED) is 0.210. The highest BCUT2D eigenvalue weighted by Gasteiger charge is 2.31. The van der Waals surface area contributed by atoms with Gasteiger partial charge in [-0.05, 0) is 43.7 Å². The standard InChI is InChI=1S/C25H38N6O3S/c1-4-18-13-16-31(17-14-18)24(32)21(10-7-15-28-25(26)27)29-35(33,34)23-12-6-8-19-20(23)9-5-11-22(19)30(2)3/h5-6,8-9,11-12,18,21,29H,4,7,10,13-17H2,1-3H3,(H4,26,27,28)/p+1/t21-/m0/s1. The average Bonchev–Trinajstić information content (AvgIpc) is 2.84. The molecule has 1 atom stereocenters. The molecule has 1 amide bonds. The van der Waals surface area contributed by atoms with Crippen LogP contribution in [0, 0.1) is 5.92 Å². The van der Waals surface area contributed by atoms with Gasteiger partial charge in [0.25, 0.3) is 0 Å². The molecule has 1 saturated heterocycles. The lowest BCUT2D eigenvalue weighted by atomic mass is 9.94. The zero-order valence-corrected chi connectivity index (χ0v) is 21.8. The smallest absolute Gasteiger partial charge is 0.338 e. The fourth-order valence-corrected chi connectivity index (χ4v) is 6.14. The summed E-state index contributed by atoms with van der Waals surface area (Å²) in [5.74, 6) is 0.535. The highest BCUT2D eigenvalue weighted by Crippen LogP contribution is 2.30. The molecule has 2 aromatic rings. The van der Waals surface area contributed by atoms with Crippen LogP contribution in [0.4, 0.5) is 5.69 Å². The van der Waals surface area contributed by atoms with Crippen LogP contribution in [-0.4, -0.2) is 65.0 Å². The zero-order valence-electron chi connectivity index (χ0n) is 21.0. The van der Waals surface area contributed by atoms with Crippen molar-refractivity contribution < 1.29 is 18.2 Å². The van der Waals surface area contributed by atoms with Gasteiger partial charge in [-0.25, -0.2) is 8.42 Å². The second-order valence-electron chi connectivity index (χ2n) is 9.40. The van der Waals surface area contributed by atoms with E-state index in [1.54, 1.807) is 23.1 Å². The van der Waals surface area contributed by atoms with Gasteiger partial charge in [0.1, 0.15) is 6.04 Å². The van der Waals surface area contributed by atoms with E-state index in [1.807, 2.05) is 37.2 Å². The molecule has 0 unspecified atom stereocenters. The molecule has 3 rings (SSSR count). The van der Waals surface area contributed by atoms with Crippen LogP contribution < -0.4 is 26.1 Å². The lowest BCUT2D eigenvalue weighted by molar-refractivity contribution is -0.459. The molecule has 0 aromatic heterocycles. The molecule has 1 fully saturated rings. The monoisotopic (exact) mass is 503 g/mol. The molecule has 10 heteroatoms. The molecule has 2 aromatic carbocycles. The Balaban J connectivity index is 1.89. The number of sulfonamides is 1. The third-order valence-corrected chi connectivity index (χ3v) is 8.26. The number of guanidine groups is 1. The van der Waals surface area contributed by atoms with Gasteiger partial charge in [-0.2, -0.15) is 4.72 Å². The molecular formula is C25H39N6O3S+. The summed E-state index contributed by atoms with van der Waals surface area (Å²) in [7, 11) is -0.131. The van der Waals surface area contributed by atoms with E-state index < -0.39 is 16.1 Å². The van der Waals surface area contributed by atoms with Crippen LogP contribution in [0.2, 0.25) is 0 Å². The number of piperidine rings is 1. The van der Waals surface area contributed by atoms with Gasteiger partial charge in [0.15, 0.2) is 0 Å². The second-order valence-corrected chi connectivity index (χ2v) is 11.1. The van der Waals surface area contributed by atoms with Crippen molar-refractivity contribution in [1.29, 1.82) is 0 Å². The number of rotatable bonds is 10. The van der Waals surface area contributed by atoms with Crippen molar-refractivity contribution in [2.75, 3.05) is 38.6 Å². The number of anilines is 1. The van der Waals surface area contributed by atoms with E-state index in [4.69, 9.17) is 11.5 Å². The number of nitrogens with one attached hydrogen (secondary N) is 2. The first-order valence-electron chi connectivity index (χ1n) is 12.3. The predicted molar refractivity (Wildman–Crippen MR) is 140 cm³/mol. The number of benzene rings is 2. The molecule has 192 valence electrons. The van der Waals surface area contributed by atoms with Gasteiger partial charge in [-0.1, -0.05) is 37.6 Å². The van der Waals surface area contributed by atoms with Crippen molar-refractivity contribution in [2.24, 2.45) is 17.4 Å². The predicted octanol–water partition coefficient (Wildman–Crippen LogP) is 0.336. The van der Waals surface area contributed by atoms with E-state index in [1.165, 1.54) is 0 Å². The number of hydrogen-bond acceptors (Lipinski definition) is 4. The SMILES string of the molecule is CCC1CCN(C(=O)[C@H](CCC[NH+]=C(N)N)NS(=O)(=O)c2cccc3c(N(C)C)cccc23)CC1. The van der Waals surface area contributed by atoms with Gasteiger partial charge >= 0.3 is 5.96 Å². The molecule has 6 N–H and O–H groups in total. The number of nitrogens with two attached hydrogens (primary N) is 2. The number of carbonyl (C=O) groups is 1. The summed E-state index contributed by atoms with van der Waals surface area (Å²) in [6.07, 6.45) is 3.84. The normalized spacial score (nSPS) is 15.7. The lowest BCUT2D eigenvalue weighted by Crippen LogP contribution is -2.78. The molecular weight excluding hydrogens is 464 g/mol. The molecule has 0 spiro atoms. The maximum Gasteiger partial charge on any atom is 0.338 e. The van der Waals surface area contributed by atoms with E-state index in [9.17, 15) is 13.2 Å². The topological polar surface area (TPSA) is 136 Å². The number of fused-ring (bicyclic) bond motifs is 1. The van der Waals surface area contributed by atoms with Gasteiger partial charge in [0.05, 0.1) is 11.4 Å². The summed E-state index contributed by atoms with van der Waals surface area (Å²) in [6, 6.07) is 9.95. The van der Waals surface area contributed by atoms with Gasteiger partial charge in [-0.15, -0.1) is 0 Å². The Labute approximate surface area is 208 Å². The van der Waals surface area contributed by atoms with E-state index >= 15 is 0 Å². The Morgan fingerprint density at radius 2 is 1.80 bits per heavy atom. The molecule has 1 aliphatic heterocycles. The van der Waals surface area contributed by atoms with Crippen molar-refractivity contribution in [3.05, 3.63) is 36.4 Å². The first-order chi connectivity index (χ1) is 16.6. The first-order valence-corrected chi connectivity index (χ1v) is 13.7. The summed E-state index contributed by atoms with van der Waals surface area (Å²) in [4.78, 5) is 20.2. The summed E-state index contributed by atoms with van der Waals surface area (Å²) < 4.78 is 29.9. The van der Waals surface area contributed by atoms with Gasteiger partial charge in [-0.3, -0.25) is 21.3 Å². The molecule has 0 bridgehead atoms. The molecule has 9 nitrogen and oxygen atoms in total. The average molecular weight is 504 g/mol. The van der Waals surface area contributed by atoms with Crippen molar-refractivity contribution in [3.63, 3.8) is 0 Å². The van der Waals surface area contributed by atoms with Crippen LogP contribution in [-0.2, 0) is 14.8 Å². The van der Waals surface area contributed by atoms with Crippen LogP contribution in [0.25, 0.3) is 10.8 Å². The van der Waals surface area contributed by atoms with E-state index in [0.29, 0.717) is 43.8 Å². The minimum atomic E-state index is -3.97. The number of carbonyl (C=O) groups excluding carboxylic acids is 1. The Morgan fingerprint density at radius 1 is 1.14 bits per heavy atom. The lowest BCUT2D eigenvalue weighted by Gasteiger charge is -2.34. The van der Waals surface area contributed by atoms with Crippen molar-refractivity contribution in [1.82, 2.24) is 9.62 Å². The van der Waals surface area contributed by atoms with Crippen LogP contribution >= 0.6 is 0 Å². The first kappa shape index (κ1) is 26.7. The van der Waals surface area contributed by atoms with Crippen LogP contribution in [0.15, 0.2) is 41.3 Å². The minimum absolute atomic E-state index is 0.0996. The highest BCUT2D eigenvalue weighted by atomic mass is 32.2. The van der Waals surface area contributed by atoms with Crippen molar-refractivity contribution in [2.45, 2.75) is 50.0 Å². The fourth-order valence-electron chi connectivity index (χ4n) is 4.69. The Hall–Kier alpha value is -2.85. The van der Waals surface area contributed by atoms with E-state index in [0.717, 1.165) is 30.3 Å². The molecule has 35 heavy (non-hydrogen) atoms. The van der Waals surface area contributed by atoms with Crippen molar-refractivity contribution in [3.8, 4) is 0 Å². The summed E-state index contributed by atoms with van der Waals surface area (Å²) >= 11 is 0. The summed E-state index contributed by atoms with van der Waals surface area (Å²) in [6.45, 7) is 3.92. The van der Waals surface area contributed by atoms with E-state index in [-0.39, 0.29) is 16.8 Å². The maximum absolute atomic E-state index is 13.6. The third-order valence-electron chi connectivity index (χ3n) is 6.73. The fraction of sp³-hybridized carbons (Fsp3) is 0.520. The number of nitrogens with zero attached hydrogens (tertiary/aromatic N) is 2. The van der Waals surface area contributed by atoms with Crippen LogP contribution in [0.5, 0.6) is 0 Å². The molecule has 0 radical (unpaired) electrons. The highest BCUT2D eigenvalue weighted by molar-refractivity contribution is 7.89. The largest absolute Gasteiger partial charge is 0.377 e. The van der Waals surface area contributed by atoms with Crippen LogP contribution in [0.1, 0.15) is 39.0 Å². The van der Waals surface area contributed by atoms with E-state index in [2.05, 4.69) is 16.6 Å². The molecule has 0 aliphatic carbocycles. The number of hydrogen-bond donors (Lipinski definition) is 4. The third kappa shape index (κ3) is 6.64. The molecule has 0 saturated carbocycles. The molecule has 1 heterocycles. The van der Waals surface area contributed by atoms with Gasteiger partial charge in [0.2, 0.25) is 15.9 Å². The second kappa shape index (κ2) is 11.7. The Bertz CT molecular complexity index is 1150. The Morgan fingerprint density at radius 3 is 2.43 bits per heavy atom. The maximum atomic E-state index is 13.6. The molecule has 1 aliphatic rings. The summed E-state index contributed by atoms with van der Waals surface area (Å²) in [5.41, 5.74) is 11.9. The van der Waals surface area contributed by atoms with Crippen LogP contribution in [0.3, 0.4) is 0 Å². The Kier molecular flexibility index (Phi) is 8.96.